The molecule has 0 saturated heterocycles. The van der Waals surface area contributed by atoms with E-state index in [-0.39, 0.29) is 17.4 Å². The Morgan fingerprint density at radius 3 is 2.58 bits per heavy atom. The average molecular weight is 404 g/mol. The Balaban J connectivity index is 2.17. The number of halogens is 3. The molecule has 126 valence electrons. The number of benzene rings is 1. The molecule has 9 heteroatoms. The quantitative estimate of drug-likeness (QED) is 0.523. The van der Waals surface area contributed by atoms with Gasteiger partial charge in [0.2, 0.25) is 0 Å². The van der Waals surface area contributed by atoms with E-state index in [9.17, 15) is 4.79 Å². The van der Waals surface area contributed by atoms with Crippen molar-refractivity contribution in [3.8, 4) is 0 Å². The van der Waals surface area contributed by atoms with Crippen LogP contribution in [0.1, 0.15) is 24.7 Å². The van der Waals surface area contributed by atoms with E-state index in [4.69, 9.17) is 34.8 Å². The number of hydrogen-bond acceptors (Lipinski definition) is 4. The van der Waals surface area contributed by atoms with Gasteiger partial charge < -0.3 is 0 Å². The Morgan fingerprint density at radius 2 is 1.92 bits per heavy atom. The third kappa shape index (κ3) is 3.16. The topological polar surface area (TPSA) is 52.7 Å². The minimum Gasteiger partial charge on any atom is -0.271 e. The first kappa shape index (κ1) is 17.6. The third-order valence-electron chi connectivity index (χ3n) is 3.55. The summed E-state index contributed by atoms with van der Waals surface area (Å²) in [6.45, 7) is 2.30. The highest BCUT2D eigenvalue weighted by molar-refractivity contribution is 7.78. The van der Waals surface area contributed by atoms with Crippen molar-refractivity contribution in [3.05, 3.63) is 55.3 Å². The lowest BCUT2D eigenvalue weighted by Crippen LogP contribution is -2.21. The zero-order chi connectivity index (χ0) is 17.4. The Morgan fingerprint density at radius 1 is 1.17 bits per heavy atom. The van der Waals surface area contributed by atoms with E-state index in [0.29, 0.717) is 33.5 Å². The first-order valence-corrected chi connectivity index (χ1v) is 8.76. The van der Waals surface area contributed by atoms with Gasteiger partial charge in [-0.3, -0.25) is 4.57 Å². The van der Waals surface area contributed by atoms with Crippen LogP contribution in [0.3, 0.4) is 0 Å². The van der Waals surface area contributed by atoms with Crippen LogP contribution in [0.5, 0.6) is 0 Å². The van der Waals surface area contributed by atoms with E-state index >= 15 is 0 Å². The van der Waals surface area contributed by atoms with Crippen molar-refractivity contribution in [1.82, 2.24) is 18.5 Å². The van der Waals surface area contributed by atoms with E-state index in [1.165, 1.54) is 4.57 Å². The van der Waals surface area contributed by atoms with Gasteiger partial charge in [0.25, 0.3) is 0 Å². The number of thiol groups is 1. The van der Waals surface area contributed by atoms with Crippen molar-refractivity contribution in [2.24, 2.45) is 0 Å². The zero-order valence-electron chi connectivity index (χ0n) is 12.6. The van der Waals surface area contributed by atoms with E-state index in [0.717, 1.165) is 16.0 Å². The van der Waals surface area contributed by atoms with Crippen LogP contribution in [-0.4, -0.2) is 18.5 Å². The molecular weight excluding hydrogens is 391 g/mol. The molecule has 2 aromatic heterocycles. The van der Waals surface area contributed by atoms with Crippen LogP contribution in [-0.2, 0) is 13.0 Å². The molecule has 2 heterocycles. The van der Waals surface area contributed by atoms with Crippen LogP contribution in [0.2, 0.25) is 15.2 Å². The van der Waals surface area contributed by atoms with E-state index in [1.807, 2.05) is 6.92 Å². The van der Waals surface area contributed by atoms with Gasteiger partial charge in [0.15, 0.2) is 10.8 Å². The van der Waals surface area contributed by atoms with Gasteiger partial charge in [-0.15, -0.1) is 0 Å². The minimum atomic E-state index is -0.343. The molecule has 0 saturated carbocycles. The summed E-state index contributed by atoms with van der Waals surface area (Å²) in [5, 5.41) is 1.10. The molecule has 0 bridgehead atoms. The summed E-state index contributed by atoms with van der Waals surface area (Å²) in [7, 11) is 0. The van der Waals surface area contributed by atoms with Crippen LogP contribution < -0.4 is 5.69 Å². The van der Waals surface area contributed by atoms with Gasteiger partial charge in [0.05, 0.1) is 16.6 Å². The summed E-state index contributed by atoms with van der Waals surface area (Å²) in [4.78, 5) is 21.2. The normalized spacial score (nSPS) is 11.4. The van der Waals surface area contributed by atoms with Gasteiger partial charge in [-0.1, -0.05) is 60.6 Å². The maximum Gasteiger partial charge on any atom is 0.340 e. The summed E-state index contributed by atoms with van der Waals surface area (Å²) in [6.07, 6.45) is 1.55. The number of rotatable bonds is 4. The second kappa shape index (κ2) is 6.96. The van der Waals surface area contributed by atoms with Gasteiger partial charge in [-0.2, -0.15) is 0 Å². The fourth-order valence-electron chi connectivity index (χ4n) is 2.43. The molecule has 0 aliphatic rings. The van der Waals surface area contributed by atoms with Gasteiger partial charge in [0.1, 0.15) is 11.3 Å². The van der Waals surface area contributed by atoms with Gasteiger partial charge >= 0.3 is 5.69 Å². The SMILES string of the molecule is CCCc1nc(Cl)c2c(n1)n(Cc1ccc(Cl)c(Cl)c1)c(=O)n2S. The molecule has 0 fully saturated rings. The molecule has 3 rings (SSSR count). The van der Waals surface area contributed by atoms with Crippen molar-refractivity contribution in [1.29, 1.82) is 0 Å². The zero-order valence-corrected chi connectivity index (χ0v) is 15.8. The van der Waals surface area contributed by atoms with E-state index in [2.05, 4.69) is 22.8 Å². The van der Waals surface area contributed by atoms with Crippen molar-refractivity contribution in [2.75, 3.05) is 0 Å². The summed E-state index contributed by atoms with van der Waals surface area (Å²) in [5.41, 5.74) is 1.32. The van der Waals surface area contributed by atoms with Crippen molar-refractivity contribution in [2.45, 2.75) is 26.3 Å². The molecule has 0 amide bonds. The molecule has 0 aliphatic carbocycles. The Hall–Kier alpha value is -1.21. The highest BCUT2D eigenvalue weighted by Crippen LogP contribution is 2.25. The minimum absolute atomic E-state index is 0.212. The largest absolute Gasteiger partial charge is 0.340 e. The molecule has 5 nitrogen and oxygen atoms in total. The summed E-state index contributed by atoms with van der Waals surface area (Å²) >= 11 is 22.4. The molecule has 0 N–H and O–H groups in total. The highest BCUT2D eigenvalue weighted by atomic mass is 35.5. The predicted octanol–water partition coefficient (Wildman–Crippen LogP) is 4.25. The first-order chi connectivity index (χ1) is 11.4. The number of hydrogen-bond donors (Lipinski definition) is 1. The van der Waals surface area contributed by atoms with Gasteiger partial charge in [0, 0.05) is 6.42 Å². The first-order valence-electron chi connectivity index (χ1n) is 7.23. The molecule has 24 heavy (non-hydrogen) atoms. The summed E-state index contributed by atoms with van der Waals surface area (Å²) in [5.74, 6) is 0.594. The molecular formula is C15H13Cl3N4OS. The molecule has 0 unspecified atom stereocenters. The summed E-state index contributed by atoms with van der Waals surface area (Å²) < 4.78 is 2.65. The average Bonchev–Trinajstić information content (AvgIpc) is 2.76. The summed E-state index contributed by atoms with van der Waals surface area (Å²) in [6, 6.07) is 5.21. The lowest BCUT2D eigenvalue weighted by molar-refractivity contribution is 0.763. The van der Waals surface area contributed by atoms with Crippen molar-refractivity contribution in [3.63, 3.8) is 0 Å². The molecule has 1 aromatic carbocycles. The molecule has 0 spiro atoms. The van der Waals surface area contributed by atoms with E-state index in [1.54, 1.807) is 18.2 Å². The lowest BCUT2D eigenvalue weighted by atomic mass is 10.2. The van der Waals surface area contributed by atoms with Gasteiger partial charge in [-0.25, -0.2) is 18.7 Å². The van der Waals surface area contributed by atoms with Crippen molar-refractivity contribution >= 4 is 58.8 Å². The fraction of sp³-hybridized carbons (Fsp3) is 0.267. The number of aromatic nitrogens is 4. The van der Waals surface area contributed by atoms with E-state index < -0.39 is 0 Å². The Bertz CT molecular complexity index is 983. The standard InChI is InChI=1S/C15H13Cl3N4OS/c1-2-3-11-19-13(18)12-14(20-11)21(15(23)22(12)24)7-8-4-5-9(16)10(17)6-8/h4-6,24H,2-3,7H2,1H3. The monoisotopic (exact) mass is 402 g/mol. The van der Waals surface area contributed by atoms with Crippen LogP contribution >= 0.6 is 47.6 Å². The lowest BCUT2D eigenvalue weighted by Gasteiger charge is -2.06. The second-order valence-electron chi connectivity index (χ2n) is 5.28. The van der Waals surface area contributed by atoms with Gasteiger partial charge in [-0.05, 0) is 24.1 Å². The Labute approximate surface area is 158 Å². The smallest absolute Gasteiger partial charge is 0.271 e. The number of imidazole rings is 1. The number of fused-ring (bicyclic) bond motifs is 1. The van der Waals surface area contributed by atoms with Crippen LogP contribution in [0, 0.1) is 0 Å². The number of nitrogens with zero attached hydrogens (tertiary/aromatic N) is 4. The highest BCUT2D eigenvalue weighted by Gasteiger charge is 2.18. The predicted molar refractivity (Wildman–Crippen MR) is 101 cm³/mol. The molecule has 0 aliphatic heterocycles. The molecule has 0 radical (unpaired) electrons. The Kier molecular flexibility index (Phi) is 5.11. The number of aryl methyl sites for hydroxylation is 1. The van der Waals surface area contributed by atoms with Crippen LogP contribution in [0.25, 0.3) is 11.2 Å². The fourth-order valence-corrected chi connectivity index (χ4v) is 3.37. The molecule has 0 atom stereocenters. The maximum atomic E-state index is 12.5. The van der Waals surface area contributed by atoms with Crippen molar-refractivity contribution < 1.29 is 0 Å². The van der Waals surface area contributed by atoms with Crippen LogP contribution in [0.4, 0.5) is 0 Å². The third-order valence-corrected chi connectivity index (χ3v) is 4.92. The maximum absolute atomic E-state index is 12.5. The molecule has 3 aromatic rings. The van der Waals surface area contributed by atoms with Crippen LogP contribution in [0.15, 0.2) is 23.0 Å². The second-order valence-corrected chi connectivity index (χ2v) is 6.85.